The molecule has 0 radical (unpaired) electrons. The Bertz CT molecular complexity index is 704. The van der Waals surface area contributed by atoms with E-state index in [2.05, 4.69) is 5.32 Å². The predicted octanol–water partition coefficient (Wildman–Crippen LogP) is -0.786. The van der Waals surface area contributed by atoms with Crippen molar-refractivity contribution in [2.45, 2.75) is 38.1 Å². The van der Waals surface area contributed by atoms with Crippen molar-refractivity contribution in [1.82, 2.24) is 4.90 Å². The highest BCUT2D eigenvalue weighted by molar-refractivity contribution is 5.96. The van der Waals surface area contributed by atoms with E-state index in [1.165, 1.54) is 50.1 Å². The van der Waals surface area contributed by atoms with Crippen LogP contribution in [0.4, 0.5) is 5.69 Å². The lowest BCUT2D eigenvalue weighted by Crippen LogP contribution is -3.30. The number of hydrogen-bond donors (Lipinski definition) is 3. The van der Waals surface area contributed by atoms with Gasteiger partial charge in [-0.1, -0.05) is 6.42 Å². The van der Waals surface area contributed by atoms with Crippen molar-refractivity contribution in [1.29, 1.82) is 0 Å². The largest absolute Gasteiger partial charge is 0.378 e. The van der Waals surface area contributed by atoms with Gasteiger partial charge >= 0.3 is 0 Å². The van der Waals surface area contributed by atoms with Crippen LogP contribution in [0.2, 0.25) is 0 Å². The topological polar surface area (TPSA) is 67.5 Å². The molecule has 7 heteroatoms. The van der Waals surface area contributed by atoms with Crippen LogP contribution in [0.5, 0.6) is 0 Å². The second-order valence-corrected chi connectivity index (χ2v) is 8.95. The smallest absolute Gasteiger partial charge is 0.279 e. The predicted molar refractivity (Wildman–Crippen MR) is 115 cm³/mol. The Balaban J connectivity index is 1.21. The summed E-state index contributed by atoms with van der Waals surface area (Å²) in [6.07, 6.45) is 6.96. The first kappa shape index (κ1) is 21.3. The molecule has 0 unspecified atom stereocenters. The quantitative estimate of drug-likeness (QED) is 0.590. The number of piperazine rings is 1. The van der Waals surface area contributed by atoms with E-state index in [1.807, 2.05) is 17.0 Å². The van der Waals surface area contributed by atoms with Gasteiger partial charge in [0.15, 0.2) is 6.54 Å². The molecule has 7 nitrogen and oxygen atoms in total. The van der Waals surface area contributed by atoms with E-state index in [9.17, 15) is 9.59 Å². The van der Waals surface area contributed by atoms with Crippen molar-refractivity contribution in [3.63, 3.8) is 0 Å². The Kier molecular flexibility index (Phi) is 7.36. The molecule has 0 bridgehead atoms. The third-order valence-corrected chi connectivity index (χ3v) is 6.91. The number of amides is 2. The fraction of sp³-hybridized carbons (Fsp3) is 0.652. The van der Waals surface area contributed by atoms with Crippen molar-refractivity contribution in [2.75, 3.05) is 64.3 Å². The van der Waals surface area contributed by atoms with Gasteiger partial charge in [0.05, 0.1) is 19.3 Å². The maximum atomic E-state index is 12.5. The second-order valence-electron chi connectivity index (χ2n) is 8.95. The summed E-state index contributed by atoms with van der Waals surface area (Å²) in [6, 6.07) is 8.10. The van der Waals surface area contributed by atoms with Crippen LogP contribution in [0.25, 0.3) is 0 Å². The second kappa shape index (κ2) is 10.4. The summed E-state index contributed by atoms with van der Waals surface area (Å²) in [5.41, 5.74) is 1.41. The number of quaternary nitrogens is 2. The molecule has 1 aliphatic carbocycles. The monoisotopic (exact) mass is 416 g/mol. The van der Waals surface area contributed by atoms with E-state index in [-0.39, 0.29) is 11.8 Å². The third kappa shape index (κ3) is 5.59. The number of benzene rings is 1. The molecule has 4 rings (SSSR count). The van der Waals surface area contributed by atoms with Crippen LogP contribution >= 0.6 is 0 Å². The Morgan fingerprint density at radius 1 is 0.967 bits per heavy atom. The van der Waals surface area contributed by atoms with E-state index in [1.54, 1.807) is 17.0 Å². The Labute approximate surface area is 179 Å². The summed E-state index contributed by atoms with van der Waals surface area (Å²) in [4.78, 5) is 30.0. The lowest BCUT2D eigenvalue weighted by Gasteiger charge is -2.36. The molecule has 0 atom stereocenters. The average Bonchev–Trinajstić information content (AvgIpc) is 2.81. The Hall–Kier alpha value is -1.96. The van der Waals surface area contributed by atoms with Crippen molar-refractivity contribution in [3.8, 4) is 0 Å². The molecule has 2 saturated heterocycles. The molecule has 1 saturated carbocycles. The molecule has 1 aromatic carbocycles. The first-order valence-corrected chi connectivity index (χ1v) is 11.6. The SMILES string of the molecule is O=C(C[NH+]1CC[NH+](C2CCCCC2)CC1)Nc1ccc(C(=O)N2CCOCC2)cc1. The molecule has 1 aromatic rings. The van der Waals surface area contributed by atoms with Crippen LogP contribution in [0.3, 0.4) is 0 Å². The third-order valence-electron chi connectivity index (χ3n) is 6.91. The van der Waals surface area contributed by atoms with Gasteiger partial charge in [-0.15, -0.1) is 0 Å². The molecule has 2 amide bonds. The van der Waals surface area contributed by atoms with Gasteiger partial charge in [0.1, 0.15) is 26.2 Å². The fourth-order valence-electron chi connectivity index (χ4n) is 5.10. The van der Waals surface area contributed by atoms with E-state index in [0.29, 0.717) is 38.4 Å². The molecule has 3 N–H and O–H groups in total. The van der Waals surface area contributed by atoms with E-state index in [0.717, 1.165) is 24.8 Å². The van der Waals surface area contributed by atoms with Crippen LogP contribution in [-0.2, 0) is 9.53 Å². The molecule has 3 fully saturated rings. The minimum Gasteiger partial charge on any atom is -0.378 e. The molecule has 3 aliphatic rings. The molecule has 0 aromatic heterocycles. The van der Waals surface area contributed by atoms with Gasteiger partial charge in [-0.3, -0.25) is 9.59 Å². The molecule has 0 spiro atoms. The number of morpholine rings is 1. The lowest BCUT2D eigenvalue weighted by atomic mass is 9.94. The standard InChI is InChI=1S/C23H34N4O3/c28-22(18-25-10-12-26(13-11-25)21-4-2-1-3-5-21)24-20-8-6-19(7-9-20)23(29)27-14-16-30-17-15-27/h6-9,21H,1-5,10-18H2,(H,24,28)/p+2. The molecule has 164 valence electrons. The number of rotatable bonds is 5. The van der Waals surface area contributed by atoms with Crippen LogP contribution in [0, 0.1) is 0 Å². The van der Waals surface area contributed by atoms with Gasteiger partial charge < -0.3 is 24.8 Å². The van der Waals surface area contributed by atoms with Crippen LogP contribution in [0.1, 0.15) is 42.5 Å². The van der Waals surface area contributed by atoms with Gasteiger partial charge in [0.2, 0.25) is 0 Å². The zero-order valence-corrected chi connectivity index (χ0v) is 18.0. The normalized spacial score (nSPS) is 25.7. The van der Waals surface area contributed by atoms with E-state index < -0.39 is 0 Å². The van der Waals surface area contributed by atoms with Crippen molar-refractivity contribution < 1.29 is 24.1 Å². The van der Waals surface area contributed by atoms with Gasteiger partial charge in [-0.05, 0) is 49.9 Å². The summed E-state index contributed by atoms with van der Waals surface area (Å²) in [5, 5.41) is 3.00. The number of hydrogen-bond acceptors (Lipinski definition) is 3. The van der Waals surface area contributed by atoms with E-state index in [4.69, 9.17) is 4.74 Å². The van der Waals surface area contributed by atoms with Gasteiger partial charge in [-0.2, -0.15) is 0 Å². The maximum Gasteiger partial charge on any atom is 0.279 e. The summed E-state index contributed by atoms with van der Waals surface area (Å²) in [6.45, 7) is 7.50. The molecular formula is C23H36N4O3+2. The van der Waals surface area contributed by atoms with Crippen molar-refractivity contribution >= 4 is 17.5 Å². The Morgan fingerprint density at radius 3 is 2.30 bits per heavy atom. The van der Waals surface area contributed by atoms with Gasteiger partial charge in [0, 0.05) is 24.3 Å². The lowest BCUT2D eigenvalue weighted by molar-refractivity contribution is -1.02. The minimum absolute atomic E-state index is 0.0268. The first-order chi connectivity index (χ1) is 14.7. The van der Waals surface area contributed by atoms with E-state index >= 15 is 0 Å². The highest BCUT2D eigenvalue weighted by Gasteiger charge is 2.31. The number of carbonyl (C=O) groups excluding carboxylic acids is 2. The first-order valence-electron chi connectivity index (χ1n) is 11.6. The molecule has 2 heterocycles. The summed E-state index contributed by atoms with van der Waals surface area (Å²) in [7, 11) is 0. The zero-order chi connectivity index (χ0) is 20.8. The van der Waals surface area contributed by atoms with Crippen LogP contribution in [-0.4, -0.2) is 81.8 Å². The fourth-order valence-corrected chi connectivity index (χ4v) is 5.10. The van der Waals surface area contributed by atoms with Gasteiger partial charge in [-0.25, -0.2) is 0 Å². The maximum absolute atomic E-state index is 12.5. The number of anilines is 1. The Morgan fingerprint density at radius 2 is 1.63 bits per heavy atom. The molecule has 2 aliphatic heterocycles. The van der Waals surface area contributed by atoms with Crippen molar-refractivity contribution in [2.24, 2.45) is 0 Å². The minimum atomic E-state index is 0.0268. The van der Waals surface area contributed by atoms with Gasteiger partial charge in [0.25, 0.3) is 11.8 Å². The number of nitrogens with zero attached hydrogens (tertiary/aromatic N) is 1. The number of nitrogens with one attached hydrogen (secondary N) is 3. The summed E-state index contributed by atoms with van der Waals surface area (Å²) in [5.74, 6) is 0.0809. The van der Waals surface area contributed by atoms with Crippen molar-refractivity contribution in [3.05, 3.63) is 29.8 Å². The van der Waals surface area contributed by atoms with Crippen LogP contribution in [0.15, 0.2) is 24.3 Å². The summed E-state index contributed by atoms with van der Waals surface area (Å²) < 4.78 is 5.30. The molecule has 30 heavy (non-hydrogen) atoms. The zero-order valence-electron chi connectivity index (χ0n) is 18.0. The highest BCUT2D eigenvalue weighted by atomic mass is 16.5. The number of ether oxygens (including phenoxy) is 1. The number of carbonyl (C=O) groups is 2. The average molecular weight is 417 g/mol. The van der Waals surface area contributed by atoms with Crippen LogP contribution < -0.4 is 15.1 Å². The highest BCUT2D eigenvalue weighted by Crippen LogP contribution is 2.15. The summed E-state index contributed by atoms with van der Waals surface area (Å²) >= 11 is 0. The molecular weight excluding hydrogens is 380 g/mol.